The van der Waals surface area contributed by atoms with Crippen LogP contribution in [0, 0.1) is 13.8 Å². The fraction of sp³-hybridized carbons (Fsp3) is 0.238. The summed E-state index contributed by atoms with van der Waals surface area (Å²) in [5.41, 5.74) is 6.74. The topological polar surface area (TPSA) is 103 Å². The number of primary amides is 1. The summed E-state index contributed by atoms with van der Waals surface area (Å²) in [6.45, 7) is 4.14. The molecule has 0 spiro atoms. The van der Waals surface area contributed by atoms with Crippen molar-refractivity contribution in [1.29, 1.82) is 0 Å². The molecule has 0 aliphatic heterocycles. The molecule has 0 saturated heterocycles. The minimum Gasteiger partial charge on any atom is -0.365 e. The van der Waals surface area contributed by atoms with Gasteiger partial charge in [-0.3, -0.25) is 14.3 Å². The predicted octanol–water partition coefficient (Wildman–Crippen LogP) is 4.90. The highest BCUT2D eigenvalue weighted by Gasteiger charge is 2.25. The Morgan fingerprint density at radius 2 is 2.00 bits per heavy atom. The number of pyridine rings is 1. The smallest absolute Gasteiger partial charge is 0.280 e. The molecule has 11 heteroatoms. The molecule has 0 radical (unpaired) electrons. The molecular formula is C21H19F2N5O2S2. The summed E-state index contributed by atoms with van der Waals surface area (Å²) in [6, 6.07) is 6.83. The van der Waals surface area contributed by atoms with E-state index in [1.807, 2.05) is 32.0 Å². The third-order valence-electron chi connectivity index (χ3n) is 4.88. The number of anilines is 1. The highest BCUT2D eigenvalue weighted by Crippen LogP contribution is 2.44. The number of nitrogens with one attached hydrogen (secondary N) is 1. The van der Waals surface area contributed by atoms with Crippen LogP contribution in [0.25, 0.3) is 20.7 Å². The van der Waals surface area contributed by atoms with Gasteiger partial charge in [-0.25, -0.2) is 13.8 Å². The summed E-state index contributed by atoms with van der Waals surface area (Å²) in [5, 5.41) is 7.35. The molecule has 4 aromatic rings. The number of hydrogen-bond donors (Lipinski definition) is 2. The molecule has 0 atom stereocenters. The van der Waals surface area contributed by atoms with Crippen LogP contribution in [-0.4, -0.2) is 26.6 Å². The SMILES string of the molecule is Cc1ccc(-c2cc(C(F)F)nc3sc(C(N)=O)c(NC(=O)CCn4nccc4C)c23)s1. The number of rotatable bonds is 7. The van der Waals surface area contributed by atoms with Crippen LogP contribution in [0.1, 0.15) is 38.8 Å². The third kappa shape index (κ3) is 4.26. The molecule has 0 saturated carbocycles. The highest BCUT2D eigenvalue weighted by molar-refractivity contribution is 7.21. The molecule has 4 aromatic heterocycles. The number of carbonyl (C=O) groups is 2. The van der Waals surface area contributed by atoms with E-state index < -0.39 is 18.0 Å². The number of aryl methyl sites for hydroxylation is 3. The maximum Gasteiger partial charge on any atom is 0.280 e. The first-order valence-electron chi connectivity index (χ1n) is 9.65. The number of hydrogen-bond acceptors (Lipinski definition) is 6. The lowest BCUT2D eigenvalue weighted by Crippen LogP contribution is -2.18. The molecule has 32 heavy (non-hydrogen) atoms. The molecule has 0 bridgehead atoms. The van der Waals surface area contributed by atoms with Crippen LogP contribution in [0.15, 0.2) is 30.5 Å². The van der Waals surface area contributed by atoms with Crippen LogP contribution in [-0.2, 0) is 11.3 Å². The van der Waals surface area contributed by atoms with Gasteiger partial charge in [-0.2, -0.15) is 5.10 Å². The summed E-state index contributed by atoms with van der Waals surface area (Å²) in [5.74, 6) is -1.12. The first-order valence-corrected chi connectivity index (χ1v) is 11.3. The number of amides is 2. The van der Waals surface area contributed by atoms with E-state index in [0.717, 1.165) is 26.8 Å². The number of carbonyl (C=O) groups excluding carboxylic acids is 2. The van der Waals surface area contributed by atoms with Crippen molar-refractivity contribution in [2.24, 2.45) is 5.73 Å². The van der Waals surface area contributed by atoms with Crippen LogP contribution < -0.4 is 11.1 Å². The van der Waals surface area contributed by atoms with Crippen molar-refractivity contribution in [3.63, 3.8) is 0 Å². The quantitative estimate of drug-likeness (QED) is 0.397. The molecule has 0 fully saturated rings. The number of nitrogens with zero attached hydrogens (tertiary/aromatic N) is 3. The Morgan fingerprint density at radius 3 is 2.59 bits per heavy atom. The minimum atomic E-state index is -2.78. The molecule has 0 aliphatic carbocycles. The largest absolute Gasteiger partial charge is 0.365 e. The first kappa shape index (κ1) is 22.0. The van der Waals surface area contributed by atoms with Gasteiger partial charge < -0.3 is 11.1 Å². The van der Waals surface area contributed by atoms with Crippen molar-refractivity contribution in [3.05, 3.63) is 51.6 Å². The van der Waals surface area contributed by atoms with E-state index in [1.165, 1.54) is 17.4 Å². The number of nitrogens with two attached hydrogens (primary N) is 1. The molecule has 0 aliphatic rings. The second kappa shape index (κ2) is 8.75. The molecule has 2 amide bonds. The van der Waals surface area contributed by atoms with Gasteiger partial charge in [0.1, 0.15) is 15.4 Å². The lowest BCUT2D eigenvalue weighted by molar-refractivity contribution is -0.116. The van der Waals surface area contributed by atoms with Crippen LogP contribution in [0.4, 0.5) is 14.5 Å². The van der Waals surface area contributed by atoms with Gasteiger partial charge in [0.25, 0.3) is 12.3 Å². The number of alkyl halides is 2. The van der Waals surface area contributed by atoms with Gasteiger partial charge in [0.15, 0.2) is 0 Å². The van der Waals surface area contributed by atoms with Crippen LogP contribution in [0.3, 0.4) is 0 Å². The zero-order chi connectivity index (χ0) is 23.0. The van der Waals surface area contributed by atoms with Crippen molar-refractivity contribution in [2.45, 2.75) is 33.2 Å². The van der Waals surface area contributed by atoms with Crippen molar-refractivity contribution in [1.82, 2.24) is 14.8 Å². The van der Waals surface area contributed by atoms with E-state index in [4.69, 9.17) is 5.73 Å². The van der Waals surface area contributed by atoms with Crippen LogP contribution >= 0.6 is 22.7 Å². The van der Waals surface area contributed by atoms with Crippen molar-refractivity contribution in [2.75, 3.05) is 5.32 Å². The van der Waals surface area contributed by atoms with E-state index in [9.17, 15) is 18.4 Å². The molecular weight excluding hydrogens is 456 g/mol. The van der Waals surface area contributed by atoms with Gasteiger partial charge in [0.2, 0.25) is 5.91 Å². The Balaban J connectivity index is 1.79. The van der Waals surface area contributed by atoms with Gasteiger partial charge in [-0.1, -0.05) is 0 Å². The molecule has 166 valence electrons. The average molecular weight is 476 g/mol. The number of thiophene rings is 2. The van der Waals surface area contributed by atoms with E-state index in [-0.39, 0.29) is 27.7 Å². The van der Waals surface area contributed by atoms with Crippen molar-refractivity contribution in [3.8, 4) is 10.4 Å². The van der Waals surface area contributed by atoms with Crippen molar-refractivity contribution >= 4 is 50.4 Å². The summed E-state index contributed by atoms with van der Waals surface area (Å²) in [6.07, 6.45) is -1.03. The zero-order valence-corrected chi connectivity index (χ0v) is 18.8. The van der Waals surface area contributed by atoms with Crippen LogP contribution in [0.5, 0.6) is 0 Å². The summed E-state index contributed by atoms with van der Waals surface area (Å²) in [7, 11) is 0. The zero-order valence-electron chi connectivity index (χ0n) is 17.2. The molecule has 3 N–H and O–H groups in total. The van der Waals surface area contributed by atoms with Gasteiger partial charge in [-0.05, 0) is 38.1 Å². The predicted molar refractivity (Wildman–Crippen MR) is 121 cm³/mol. The molecule has 4 heterocycles. The fourth-order valence-electron chi connectivity index (χ4n) is 3.34. The molecule has 0 unspecified atom stereocenters. The Kier molecular flexibility index (Phi) is 6.02. The van der Waals surface area contributed by atoms with Gasteiger partial charge in [0.05, 0.1) is 5.69 Å². The molecule has 4 rings (SSSR count). The lowest BCUT2D eigenvalue weighted by Gasteiger charge is -2.10. The molecule has 7 nitrogen and oxygen atoms in total. The monoisotopic (exact) mass is 475 g/mol. The summed E-state index contributed by atoms with van der Waals surface area (Å²) >= 11 is 2.32. The fourth-order valence-corrected chi connectivity index (χ4v) is 5.24. The number of fused-ring (bicyclic) bond motifs is 1. The second-order valence-electron chi connectivity index (χ2n) is 7.15. The number of aromatic nitrogens is 3. The van der Waals surface area contributed by atoms with Gasteiger partial charge in [-0.15, -0.1) is 22.7 Å². The van der Waals surface area contributed by atoms with E-state index in [2.05, 4.69) is 15.4 Å². The number of halogens is 2. The van der Waals surface area contributed by atoms with E-state index in [0.29, 0.717) is 17.5 Å². The maximum atomic E-state index is 13.5. The second-order valence-corrected chi connectivity index (χ2v) is 9.44. The van der Waals surface area contributed by atoms with Crippen LogP contribution in [0.2, 0.25) is 0 Å². The third-order valence-corrected chi connectivity index (χ3v) is 7.01. The minimum absolute atomic E-state index is 0.0667. The maximum absolute atomic E-state index is 13.5. The first-order chi connectivity index (χ1) is 15.2. The standard InChI is InChI=1S/C21H19F2N5O2S2/c1-10-5-7-25-28(10)8-6-15(29)27-17-16-12(14-4-3-11(2)31-14)9-13(19(22)23)26-21(16)32-18(17)20(24)30/h3-5,7,9,19H,6,8H2,1-2H3,(H2,24,30)(H,27,29). The van der Waals surface area contributed by atoms with E-state index >= 15 is 0 Å². The Morgan fingerprint density at radius 1 is 1.22 bits per heavy atom. The average Bonchev–Trinajstić information content (AvgIpc) is 3.44. The summed E-state index contributed by atoms with van der Waals surface area (Å²) in [4.78, 5) is 30.9. The Bertz CT molecular complexity index is 1330. The summed E-state index contributed by atoms with van der Waals surface area (Å²) < 4.78 is 28.7. The van der Waals surface area contributed by atoms with Gasteiger partial charge in [0, 0.05) is 45.6 Å². The lowest BCUT2D eigenvalue weighted by atomic mass is 10.1. The Hall–Kier alpha value is -3.18. The van der Waals surface area contributed by atoms with E-state index in [1.54, 1.807) is 10.9 Å². The van der Waals surface area contributed by atoms with Crippen molar-refractivity contribution < 1.29 is 18.4 Å². The Labute approximate surface area is 189 Å². The molecule has 0 aromatic carbocycles. The normalized spacial score (nSPS) is 11.4. The highest BCUT2D eigenvalue weighted by atomic mass is 32.1. The van der Waals surface area contributed by atoms with Gasteiger partial charge >= 0.3 is 0 Å².